The molecule has 1 aromatic rings. The number of benzene rings is 1. The molecule has 2 atom stereocenters. The molecule has 1 aromatic carbocycles. The van der Waals surface area contributed by atoms with Crippen LogP contribution in [0.15, 0.2) is 12.1 Å². The van der Waals surface area contributed by atoms with E-state index in [4.69, 9.17) is 28.3 Å². The molecule has 2 heterocycles. The lowest BCUT2D eigenvalue weighted by Crippen LogP contribution is -2.38. The molecule has 1 fully saturated rings. The summed E-state index contributed by atoms with van der Waals surface area (Å²) < 4.78 is 0. The largest absolute Gasteiger partial charge is 0.387 e. The van der Waals surface area contributed by atoms with Crippen LogP contribution in [0.5, 0.6) is 0 Å². The second-order valence-corrected chi connectivity index (χ2v) is 6.49. The summed E-state index contributed by atoms with van der Waals surface area (Å²) in [6, 6.07) is 3.85. The fraction of sp³-hybridized carbons (Fsp3) is 0.500. The summed E-state index contributed by atoms with van der Waals surface area (Å²) in [5, 5.41) is 13.5. The van der Waals surface area contributed by atoms with Gasteiger partial charge in [0, 0.05) is 30.2 Å². The maximum atomic E-state index is 11.8. The molecule has 4 nitrogen and oxygen atoms in total. The van der Waals surface area contributed by atoms with Crippen LogP contribution < -0.4 is 5.32 Å². The Bertz CT molecular complexity index is 579. The first kappa shape index (κ1) is 14.0. The van der Waals surface area contributed by atoms with Gasteiger partial charge in [0.2, 0.25) is 5.91 Å². The van der Waals surface area contributed by atoms with Crippen LogP contribution in [-0.4, -0.2) is 41.7 Å². The minimum Gasteiger partial charge on any atom is -0.387 e. The lowest BCUT2D eigenvalue weighted by Gasteiger charge is -2.24. The quantitative estimate of drug-likeness (QED) is 0.836. The molecule has 2 N–H and O–H groups in total. The molecule has 6 heteroatoms. The zero-order chi connectivity index (χ0) is 14.5. The van der Waals surface area contributed by atoms with Crippen molar-refractivity contribution in [1.82, 2.24) is 4.90 Å². The molecule has 1 amide bonds. The Balaban J connectivity index is 1.98. The predicted octanol–water partition coefficient (Wildman–Crippen LogP) is 2.27. The van der Waals surface area contributed by atoms with E-state index in [9.17, 15) is 4.79 Å². The molecular weight excluding hydrogens is 299 g/mol. The van der Waals surface area contributed by atoms with E-state index >= 15 is 0 Å². The van der Waals surface area contributed by atoms with Crippen LogP contribution >= 0.6 is 23.2 Å². The number of hydrogen-bond donors (Lipinski definition) is 2. The third-order valence-electron chi connectivity index (χ3n) is 4.40. The Morgan fingerprint density at radius 1 is 1.50 bits per heavy atom. The molecule has 1 spiro atoms. The van der Waals surface area contributed by atoms with E-state index in [-0.39, 0.29) is 17.4 Å². The molecule has 0 radical (unpaired) electrons. The smallest absolute Gasteiger partial charge is 0.248 e. The Labute approximate surface area is 127 Å². The summed E-state index contributed by atoms with van der Waals surface area (Å²) >= 11 is 12.2. The highest BCUT2D eigenvalue weighted by molar-refractivity contribution is 6.42. The molecule has 2 unspecified atom stereocenters. The summed E-state index contributed by atoms with van der Waals surface area (Å²) in [5.41, 5.74) is 1.98. The molecule has 0 bridgehead atoms. The Morgan fingerprint density at radius 3 is 2.90 bits per heavy atom. The third-order valence-corrected chi connectivity index (χ3v) is 5.12. The SMILES string of the molecule is CC1CC2(CNc3cc(Cl)c(Cl)cc32)CN1C(=O)CO. The number of carbonyl (C=O) groups excluding carboxylic acids is 1. The van der Waals surface area contributed by atoms with Gasteiger partial charge in [-0.1, -0.05) is 23.2 Å². The number of amides is 1. The van der Waals surface area contributed by atoms with Crippen LogP contribution in [0.25, 0.3) is 0 Å². The first-order valence-corrected chi connectivity index (χ1v) is 7.36. The molecule has 0 aliphatic carbocycles. The Morgan fingerprint density at radius 2 is 2.20 bits per heavy atom. The number of aliphatic hydroxyl groups is 1. The highest BCUT2D eigenvalue weighted by atomic mass is 35.5. The molecule has 108 valence electrons. The number of rotatable bonds is 1. The van der Waals surface area contributed by atoms with Crippen LogP contribution in [0.3, 0.4) is 0 Å². The number of nitrogens with zero attached hydrogens (tertiary/aromatic N) is 1. The van der Waals surface area contributed by atoms with Gasteiger partial charge < -0.3 is 15.3 Å². The molecule has 0 saturated carbocycles. The van der Waals surface area contributed by atoms with Crippen LogP contribution in [0.1, 0.15) is 18.9 Å². The van der Waals surface area contributed by atoms with E-state index in [0.717, 1.165) is 24.2 Å². The summed E-state index contributed by atoms with van der Waals surface area (Å²) in [5.74, 6) is -0.220. The van der Waals surface area contributed by atoms with Gasteiger partial charge >= 0.3 is 0 Å². The first-order chi connectivity index (χ1) is 9.47. The van der Waals surface area contributed by atoms with Crippen LogP contribution in [0, 0.1) is 0 Å². The monoisotopic (exact) mass is 314 g/mol. The van der Waals surface area contributed by atoms with Crippen molar-refractivity contribution in [3.8, 4) is 0 Å². The highest BCUT2D eigenvalue weighted by Crippen LogP contribution is 2.47. The molecule has 1 saturated heterocycles. The lowest BCUT2D eigenvalue weighted by atomic mass is 9.80. The van der Waals surface area contributed by atoms with Crippen LogP contribution in [-0.2, 0) is 10.2 Å². The van der Waals surface area contributed by atoms with E-state index in [1.807, 2.05) is 19.1 Å². The minimum atomic E-state index is -0.442. The zero-order valence-corrected chi connectivity index (χ0v) is 12.6. The summed E-state index contributed by atoms with van der Waals surface area (Å²) in [7, 11) is 0. The minimum absolute atomic E-state index is 0.108. The van der Waals surface area contributed by atoms with Gasteiger partial charge in [0.25, 0.3) is 0 Å². The number of halogens is 2. The summed E-state index contributed by atoms with van der Waals surface area (Å²) in [4.78, 5) is 13.6. The first-order valence-electron chi connectivity index (χ1n) is 6.60. The van der Waals surface area contributed by atoms with Crippen molar-refractivity contribution in [1.29, 1.82) is 0 Å². The second-order valence-electron chi connectivity index (χ2n) is 5.68. The standard InChI is InChI=1S/C14H16Cl2N2O2/c1-8-4-14(7-18(8)13(20)5-19)6-17-12-3-11(16)10(15)2-9(12)14/h2-3,8,17,19H,4-7H2,1H3. The maximum absolute atomic E-state index is 11.8. The van der Waals surface area contributed by atoms with Crippen molar-refractivity contribution in [3.05, 3.63) is 27.7 Å². The second kappa shape index (κ2) is 4.79. The van der Waals surface area contributed by atoms with Crippen molar-refractivity contribution in [2.24, 2.45) is 0 Å². The van der Waals surface area contributed by atoms with Gasteiger partial charge in [0.05, 0.1) is 10.0 Å². The van der Waals surface area contributed by atoms with Gasteiger partial charge in [0.1, 0.15) is 6.61 Å². The van der Waals surface area contributed by atoms with Crippen LogP contribution in [0.4, 0.5) is 5.69 Å². The number of likely N-dealkylation sites (tertiary alicyclic amines) is 1. The van der Waals surface area contributed by atoms with Crippen molar-refractivity contribution in [2.75, 3.05) is 25.0 Å². The number of aliphatic hydroxyl groups excluding tert-OH is 1. The van der Waals surface area contributed by atoms with Crippen molar-refractivity contribution >= 4 is 34.8 Å². The van der Waals surface area contributed by atoms with Crippen LogP contribution in [0.2, 0.25) is 10.0 Å². The fourth-order valence-corrected chi connectivity index (χ4v) is 3.79. The average molecular weight is 315 g/mol. The Hall–Kier alpha value is -0.970. The number of carbonyl (C=O) groups is 1. The normalized spacial score (nSPS) is 27.8. The molecule has 0 aromatic heterocycles. The van der Waals surface area contributed by atoms with Gasteiger partial charge in [-0.15, -0.1) is 0 Å². The van der Waals surface area contributed by atoms with Gasteiger partial charge in [-0.05, 0) is 31.0 Å². The van der Waals surface area contributed by atoms with Gasteiger partial charge in [0.15, 0.2) is 0 Å². The van der Waals surface area contributed by atoms with Gasteiger partial charge in [-0.3, -0.25) is 4.79 Å². The zero-order valence-electron chi connectivity index (χ0n) is 11.1. The van der Waals surface area contributed by atoms with E-state index < -0.39 is 6.61 Å². The molecule has 3 rings (SSSR count). The van der Waals surface area contributed by atoms with Gasteiger partial charge in [-0.2, -0.15) is 0 Å². The summed E-state index contributed by atoms with van der Waals surface area (Å²) in [6.45, 7) is 2.93. The molecule has 2 aliphatic heterocycles. The lowest BCUT2D eigenvalue weighted by molar-refractivity contribution is -0.134. The van der Waals surface area contributed by atoms with E-state index in [0.29, 0.717) is 16.6 Å². The van der Waals surface area contributed by atoms with Gasteiger partial charge in [-0.25, -0.2) is 0 Å². The number of anilines is 1. The van der Waals surface area contributed by atoms with Crippen molar-refractivity contribution < 1.29 is 9.90 Å². The molecule has 2 aliphatic rings. The molecular formula is C14H16Cl2N2O2. The third kappa shape index (κ3) is 1.98. The fourth-order valence-electron chi connectivity index (χ4n) is 3.46. The average Bonchev–Trinajstić information content (AvgIpc) is 2.92. The number of nitrogens with one attached hydrogen (secondary N) is 1. The number of fused-ring (bicyclic) bond motifs is 2. The highest BCUT2D eigenvalue weighted by Gasteiger charge is 2.48. The summed E-state index contributed by atoms with van der Waals surface area (Å²) in [6.07, 6.45) is 0.858. The Kier molecular flexibility index (Phi) is 3.35. The topological polar surface area (TPSA) is 52.6 Å². The molecule has 20 heavy (non-hydrogen) atoms. The van der Waals surface area contributed by atoms with Crippen molar-refractivity contribution in [3.63, 3.8) is 0 Å². The number of hydrogen-bond acceptors (Lipinski definition) is 3. The van der Waals surface area contributed by atoms with E-state index in [2.05, 4.69) is 5.32 Å². The maximum Gasteiger partial charge on any atom is 0.248 e. The van der Waals surface area contributed by atoms with Crippen molar-refractivity contribution in [2.45, 2.75) is 24.8 Å². The van der Waals surface area contributed by atoms with E-state index in [1.54, 1.807) is 4.90 Å². The van der Waals surface area contributed by atoms with E-state index in [1.165, 1.54) is 0 Å². The predicted molar refractivity (Wildman–Crippen MR) is 79.5 cm³/mol.